The van der Waals surface area contributed by atoms with Gasteiger partial charge in [-0.3, -0.25) is 9.97 Å². The molecule has 0 spiro atoms. The molecule has 0 N–H and O–H groups in total. The minimum absolute atomic E-state index is 0.213. The molecule has 7 aromatic carbocycles. The van der Waals surface area contributed by atoms with Gasteiger partial charge in [-0.05, 0) is 94.7 Å². The van der Waals surface area contributed by atoms with Crippen molar-refractivity contribution in [2.24, 2.45) is 0 Å². The maximum Gasteiger partial charge on any atom is 0.0930 e. The van der Waals surface area contributed by atoms with E-state index in [-0.39, 0.29) is 5.41 Å². The van der Waals surface area contributed by atoms with Gasteiger partial charge in [0, 0.05) is 28.9 Å². The monoisotopic (exact) mass is 598 g/mol. The van der Waals surface area contributed by atoms with Crippen LogP contribution in [0, 0.1) is 0 Å². The highest BCUT2D eigenvalue weighted by molar-refractivity contribution is 6.25. The van der Waals surface area contributed by atoms with E-state index in [0.29, 0.717) is 0 Å². The second kappa shape index (κ2) is 9.57. The van der Waals surface area contributed by atoms with Crippen molar-refractivity contribution >= 4 is 43.1 Å². The van der Waals surface area contributed by atoms with Crippen molar-refractivity contribution in [3.05, 3.63) is 157 Å². The molecule has 9 aromatic rings. The van der Waals surface area contributed by atoms with Gasteiger partial charge < -0.3 is 0 Å². The Morgan fingerprint density at radius 3 is 1.66 bits per heavy atom. The lowest BCUT2D eigenvalue weighted by Crippen LogP contribution is -2.15. The first kappa shape index (κ1) is 26.4. The number of pyridine rings is 2. The number of hydrogen-bond acceptors (Lipinski definition) is 2. The molecule has 0 unspecified atom stereocenters. The van der Waals surface area contributed by atoms with E-state index in [1.54, 1.807) is 0 Å². The summed E-state index contributed by atoms with van der Waals surface area (Å²) < 4.78 is 0. The number of nitrogens with zero attached hydrogens (tertiary/aromatic N) is 2. The minimum atomic E-state index is -0.213. The van der Waals surface area contributed by atoms with E-state index in [1.165, 1.54) is 76.5 Å². The molecule has 0 radical (unpaired) electrons. The van der Waals surface area contributed by atoms with Crippen molar-refractivity contribution < 1.29 is 0 Å². The molecule has 47 heavy (non-hydrogen) atoms. The van der Waals surface area contributed by atoms with Crippen molar-refractivity contribution in [2.45, 2.75) is 19.3 Å². The fourth-order valence-electron chi connectivity index (χ4n) is 7.92. The first-order chi connectivity index (χ1) is 23.0. The standard InChI is InChI=1S/C45H30N2/c1-45(2)39-23-35(25-46-43(39)44-40(45)24-36(26-47-44)34-17-12-27-6-3-4-7-33(27)22-34)28-10-13-29(14-11-28)37-20-18-32-16-15-30-8-5-9-31-19-21-38(37)42(32)41(30)31/h3-26H,1-2H3. The summed E-state index contributed by atoms with van der Waals surface area (Å²) in [5, 5.41) is 10.4. The Labute approximate surface area is 273 Å². The van der Waals surface area contributed by atoms with Gasteiger partial charge in [0.2, 0.25) is 0 Å². The van der Waals surface area contributed by atoms with Gasteiger partial charge in [0.15, 0.2) is 0 Å². The van der Waals surface area contributed by atoms with Gasteiger partial charge in [-0.1, -0.05) is 129 Å². The summed E-state index contributed by atoms with van der Waals surface area (Å²) in [5.41, 5.74) is 11.3. The van der Waals surface area contributed by atoms with Crippen molar-refractivity contribution in [1.29, 1.82) is 0 Å². The van der Waals surface area contributed by atoms with E-state index in [4.69, 9.17) is 9.97 Å². The highest BCUT2D eigenvalue weighted by Crippen LogP contribution is 2.49. The van der Waals surface area contributed by atoms with Gasteiger partial charge in [0.1, 0.15) is 0 Å². The molecule has 0 atom stereocenters. The Morgan fingerprint density at radius 2 is 0.936 bits per heavy atom. The third-order valence-electron chi connectivity index (χ3n) is 10.5. The highest BCUT2D eigenvalue weighted by atomic mass is 14.8. The van der Waals surface area contributed by atoms with Crippen LogP contribution in [0.4, 0.5) is 0 Å². The average molecular weight is 599 g/mol. The largest absolute Gasteiger partial charge is 0.254 e. The number of benzene rings is 7. The summed E-state index contributed by atoms with van der Waals surface area (Å²) in [6.45, 7) is 4.60. The minimum Gasteiger partial charge on any atom is -0.254 e. The molecule has 0 fully saturated rings. The lowest BCUT2D eigenvalue weighted by atomic mass is 9.81. The third-order valence-corrected chi connectivity index (χ3v) is 10.5. The van der Waals surface area contributed by atoms with Crippen LogP contribution in [0.15, 0.2) is 146 Å². The molecule has 2 heteroatoms. The fraction of sp³-hybridized carbons (Fsp3) is 0.0667. The number of fused-ring (bicyclic) bond motifs is 4. The second-order valence-electron chi connectivity index (χ2n) is 13.5. The predicted octanol–water partition coefficient (Wildman–Crippen LogP) is 11.8. The zero-order chi connectivity index (χ0) is 31.3. The molecular formula is C45H30N2. The number of rotatable bonds is 3. The molecule has 2 aromatic heterocycles. The van der Waals surface area contributed by atoms with Crippen LogP contribution < -0.4 is 0 Å². The van der Waals surface area contributed by atoms with Crippen LogP contribution in [0.3, 0.4) is 0 Å². The molecular weight excluding hydrogens is 569 g/mol. The first-order valence-electron chi connectivity index (χ1n) is 16.3. The van der Waals surface area contributed by atoms with Gasteiger partial charge in [-0.2, -0.15) is 0 Å². The lowest BCUT2D eigenvalue weighted by Gasteiger charge is -2.22. The van der Waals surface area contributed by atoms with Crippen LogP contribution in [0.25, 0.3) is 87.9 Å². The van der Waals surface area contributed by atoms with Crippen LogP contribution in [-0.2, 0) is 5.41 Å². The van der Waals surface area contributed by atoms with Crippen LogP contribution in [0.1, 0.15) is 25.0 Å². The van der Waals surface area contributed by atoms with Gasteiger partial charge in [0.25, 0.3) is 0 Å². The average Bonchev–Trinajstić information content (AvgIpc) is 3.35. The molecule has 0 saturated heterocycles. The zero-order valence-electron chi connectivity index (χ0n) is 26.3. The molecule has 2 nitrogen and oxygen atoms in total. The van der Waals surface area contributed by atoms with E-state index >= 15 is 0 Å². The third kappa shape index (κ3) is 3.85. The smallest absolute Gasteiger partial charge is 0.0930 e. The van der Waals surface area contributed by atoms with Crippen molar-refractivity contribution in [2.75, 3.05) is 0 Å². The zero-order valence-corrected chi connectivity index (χ0v) is 26.3. The molecule has 2 heterocycles. The summed E-state index contributed by atoms with van der Waals surface area (Å²) in [4.78, 5) is 10.0. The number of aromatic nitrogens is 2. The molecule has 0 amide bonds. The van der Waals surface area contributed by atoms with E-state index < -0.39 is 0 Å². The lowest BCUT2D eigenvalue weighted by molar-refractivity contribution is 0.658. The van der Waals surface area contributed by atoms with E-state index in [2.05, 4.69) is 147 Å². The Balaban J connectivity index is 1.01. The van der Waals surface area contributed by atoms with Crippen LogP contribution >= 0.6 is 0 Å². The van der Waals surface area contributed by atoms with E-state index in [1.807, 2.05) is 12.4 Å². The van der Waals surface area contributed by atoms with Crippen molar-refractivity contribution in [3.8, 4) is 44.8 Å². The SMILES string of the molecule is CC1(C)c2cc(-c3ccc(-c4ccc5ccc6cccc7ccc4c5c67)cc3)cnc2-c2ncc(-c3ccc4ccccc4c3)cc21. The molecule has 0 aliphatic heterocycles. The van der Waals surface area contributed by atoms with Gasteiger partial charge in [0.05, 0.1) is 11.4 Å². The first-order valence-corrected chi connectivity index (χ1v) is 16.3. The van der Waals surface area contributed by atoms with Crippen LogP contribution in [0.2, 0.25) is 0 Å². The molecule has 1 aliphatic carbocycles. The maximum absolute atomic E-state index is 5.02. The predicted molar refractivity (Wildman–Crippen MR) is 197 cm³/mol. The van der Waals surface area contributed by atoms with Gasteiger partial charge in [-0.15, -0.1) is 0 Å². The molecule has 0 bridgehead atoms. The topological polar surface area (TPSA) is 25.8 Å². The Morgan fingerprint density at radius 1 is 0.404 bits per heavy atom. The maximum atomic E-state index is 5.02. The van der Waals surface area contributed by atoms with Crippen molar-refractivity contribution in [1.82, 2.24) is 9.97 Å². The molecule has 1 aliphatic rings. The molecule has 0 saturated carbocycles. The quantitative estimate of drug-likeness (QED) is 0.189. The summed E-state index contributed by atoms with van der Waals surface area (Å²) in [7, 11) is 0. The Kier molecular flexibility index (Phi) is 5.37. The normalized spacial score (nSPS) is 13.5. The highest BCUT2D eigenvalue weighted by Gasteiger charge is 2.38. The number of hydrogen-bond donors (Lipinski definition) is 0. The van der Waals surface area contributed by atoms with Gasteiger partial charge >= 0.3 is 0 Å². The summed E-state index contributed by atoms with van der Waals surface area (Å²) in [5.74, 6) is 0. The molecule has 10 rings (SSSR count). The van der Waals surface area contributed by atoms with Gasteiger partial charge in [-0.25, -0.2) is 0 Å². The Hall–Kier alpha value is -5.86. The van der Waals surface area contributed by atoms with Crippen LogP contribution in [-0.4, -0.2) is 9.97 Å². The molecule has 220 valence electrons. The summed E-state index contributed by atoms with van der Waals surface area (Å²) in [6, 6.07) is 48.9. The second-order valence-corrected chi connectivity index (χ2v) is 13.5. The fourth-order valence-corrected chi connectivity index (χ4v) is 7.92. The summed E-state index contributed by atoms with van der Waals surface area (Å²) in [6.07, 6.45) is 4.01. The van der Waals surface area contributed by atoms with E-state index in [0.717, 1.165) is 22.5 Å². The van der Waals surface area contributed by atoms with Crippen molar-refractivity contribution in [3.63, 3.8) is 0 Å². The van der Waals surface area contributed by atoms with Crippen LogP contribution in [0.5, 0.6) is 0 Å². The Bertz CT molecular complexity index is 2680. The summed E-state index contributed by atoms with van der Waals surface area (Å²) >= 11 is 0. The van der Waals surface area contributed by atoms with E-state index in [9.17, 15) is 0 Å².